The molecule has 3 N–H and O–H groups in total. The summed E-state index contributed by atoms with van der Waals surface area (Å²) in [6, 6.07) is 17.6. The van der Waals surface area contributed by atoms with Crippen LogP contribution in [0.1, 0.15) is 112 Å². The second-order valence-corrected chi connectivity index (χ2v) is 19.6. The molecule has 2 aliphatic heterocycles. The Balaban J connectivity index is 0.000000198. The van der Waals surface area contributed by atoms with Crippen LogP contribution in [0.5, 0.6) is 0 Å². The number of ketones is 2. The molecule has 6 aromatic rings. The molecule has 8 rings (SSSR count). The standard InChI is InChI=1S/C26H24F2N4O3.C19H22N4O2.C7H3ClF2O/c1-25(2,3)16-10-9-14(22-23(33)26(4,5)35-32-22)11-15(16)19-12-30-20(13-29-19)31-24(34)21-17(27)7-6-8-18(21)28;1-18(2,3)13-7-6-11(16-17(24)19(4,5)25-23-16)8-12(13)14-9-22-15(20)10-21-14;8-7(11)6-4(9)2-1-3-5(6)10/h6-13H,1-5H3,(H,30,31,34);6-10H,1-5H3,(H2,20,22);1-3H. The van der Waals surface area contributed by atoms with E-state index in [0.717, 1.165) is 52.6 Å². The Morgan fingerprint density at radius 3 is 1.32 bits per heavy atom. The number of nitrogens with two attached hydrogens (primary N) is 1. The van der Waals surface area contributed by atoms with Gasteiger partial charge in [-0.05, 0) is 97.7 Å². The minimum Gasteiger partial charge on any atom is -0.382 e. The summed E-state index contributed by atoms with van der Waals surface area (Å²) in [7, 11) is 0. The van der Waals surface area contributed by atoms with Crippen LogP contribution in [0.25, 0.3) is 22.5 Å². The lowest BCUT2D eigenvalue weighted by molar-refractivity contribution is -0.128. The van der Waals surface area contributed by atoms with Crippen molar-refractivity contribution in [3.8, 4) is 22.5 Å². The zero-order valence-electron chi connectivity index (χ0n) is 40.3. The minimum absolute atomic E-state index is 0.0281. The zero-order chi connectivity index (χ0) is 52.4. The molecule has 2 aliphatic rings. The van der Waals surface area contributed by atoms with E-state index in [-0.39, 0.29) is 33.9 Å². The van der Waals surface area contributed by atoms with Crippen LogP contribution in [0.3, 0.4) is 0 Å². The Bertz CT molecular complexity index is 3090. The lowest BCUT2D eigenvalue weighted by Crippen LogP contribution is -2.33. The van der Waals surface area contributed by atoms with E-state index in [1.165, 1.54) is 24.7 Å². The summed E-state index contributed by atoms with van der Waals surface area (Å²) in [5.41, 5.74) is 8.62. The number of carbonyl (C=O) groups excluding carboxylic acids is 4. The number of halogens is 5. The maximum Gasteiger partial charge on any atom is 0.262 e. The molecule has 0 bridgehead atoms. The van der Waals surface area contributed by atoms with Crippen molar-refractivity contribution in [3.63, 3.8) is 0 Å². The molecular weight excluding hydrogens is 944 g/mol. The second kappa shape index (κ2) is 20.3. The number of hydrogen-bond donors (Lipinski definition) is 2. The quantitative estimate of drug-likeness (QED) is 0.114. The van der Waals surface area contributed by atoms with Crippen LogP contribution in [0.2, 0.25) is 0 Å². The first-order valence-electron chi connectivity index (χ1n) is 21.8. The Labute approximate surface area is 411 Å². The van der Waals surface area contributed by atoms with Gasteiger partial charge in [-0.1, -0.05) is 88.3 Å². The molecule has 0 unspecified atom stereocenters. The topological polar surface area (TPSA) is 201 Å². The van der Waals surface area contributed by atoms with E-state index < -0.39 is 56.7 Å². The van der Waals surface area contributed by atoms with E-state index in [1.54, 1.807) is 40.0 Å². The molecule has 0 fully saturated rings. The van der Waals surface area contributed by atoms with Gasteiger partial charge in [0.25, 0.3) is 11.1 Å². The van der Waals surface area contributed by atoms with E-state index in [4.69, 9.17) is 27.0 Å². The van der Waals surface area contributed by atoms with Gasteiger partial charge >= 0.3 is 0 Å². The molecule has 14 nitrogen and oxygen atoms in total. The number of oxime groups is 2. The van der Waals surface area contributed by atoms with E-state index in [2.05, 4.69) is 56.3 Å². The van der Waals surface area contributed by atoms with E-state index >= 15 is 0 Å². The molecule has 1 amide bonds. The summed E-state index contributed by atoms with van der Waals surface area (Å²) in [4.78, 5) is 75.6. The first-order chi connectivity index (χ1) is 33.1. The number of aromatic nitrogens is 4. The highest BCUT2D eigenvalue weighted by Crippen LogP contribution is 2.36. The van der Waals surface area contributed by atoms with Gasteiger partial charge in [0, 0.05) is 22.3 Å². The van der Waals surface area contributed by atoms with Crippen molar-refractivity contribution in [2.45, 2.75) is 91.3 Å². The number of nitrogens with one attached hydrogen (secondary N) is 1. The lowest BCUT2D eigenvalue weighted by atomic mass is 9.81. The van der Waals surface area contributed by atoms with Crippen molar-refractivity contribution in [1.29, 1.82) is 0 Å². The second-order valence-electron chi connectivity index (χ2n) is 19.3. The average molecular weight is 993 g/mol. The third kappa shape index (κ3) is 11.8. The van der Waals surface area contributed by atoms with Crippen LogP contribution in [-0.2, 0) is 30.1 Å². The molecule has 0 saturated carbocycles. The Kier molecular flexibility index (Phi) is 15.1. The fourth-order valence-corrected chi connectivity index (χ4v) is 7.31. The highest BCUT2D eigenvalue weighted by Gasteiger charge is 2.42. The molecule has 19 heteroatoms. The normalized spacial score (nSPS) is 14.7. The van der Waals surface area contributed by atoms with Gasteiger partial charge in [-0.2, -0.15) is 0 Å². The van der Waals surface area contributed by atoms with Crippen LogP contribution in [0.15, 0.2) is 108 Å². The van der Waals surface area contributed by atoms with Crippen molar-refractivity contribution in [2.75, 3.05) is 11.1 Å². The van der Waals surface area contributed by atoms with Gasteiger partial charge in [-0.25, -0.2) is 27.5 Å². The molecule has 2 aromatic heterocycles. The highest BCUT2D eigenvalue weighted by atomic mass is 35.5. The summed E-state index contributed by atoms with van der Waals surface area (Å²) in [5, 5.41) is 9.21. The largest absolute Gasteiger partial charge is 0.382 e. The number of nitrogen functional groups attached to an aromatic ring is 1. The van der Waals surface area contributed by atoms with E-state index in [0.29, 0.717) is 34.0 Å². The molecule has 0 aliphatic carbocycles. The van der Waals surface area contributed by atoms with Crippen LogP contribution in [0.4, 0.5) is 29.2 Å². The summed E-state index contributed by atoms with van der Waals surface area (Å²) in [6.45, 7) is 19.2. The van der Waals surface area contributed by atoms with Gasteiger partial charge in [0.15, 0.2) is 28.4 Å². The molecule has 71 heavy (non-hydrogen) atoms. The Hall–Kier alpha value is -7.73. The van der Waals surface area contributed by atoms with Crippen molar-refractivity contribution in [2.24, 2.45) is 10.3 Å². The van der Waals surface area contributed by atoms with Gasteiger partial charge < -0.3 is 20.7 Å². The number of rotatable bonds is 7. The van der Waals surface area contributed by atoms with Crippen LogP contribution < -0.4 is 11.1 Å². The molecule has 0 radical (unpaired) electrons. The summed E-state index contributed by atoms with van der Waals surface area (Å²) in [6.07, 6.45) is 5.91. The van der Waals surface area contributed by atoms with Gasteiger partial charge in [-0.3, -0.25) is 29.1 Å². The molecular formula is C52H49ClF4N8O6. The predicted octanol–water partition coefficient (Wildman–Crippen LogP) is 10.5. The number of nitrogens with zero attached hydrogens (tertiary/aromatic N) is 6. The van der Waals surface area contributed by atoms with Gasteiger partial charge in [0.2, 0.25) is 11.6 Å². The molecule has 0 saturated heterocycles. The summed E-state index contributed by atoms with van der Waals surface area (Å²) in [5.74, 6) is -4.77. The van der Waals surface area contributed by atoms with Crippen molar-refractivity contribution in [3.05, 3.63) is 154 Å². The first kappa shape index (κ1) is 52.6. The predicted molar refractivity (Wildman–Crippen MR) is 261 cm³/mol. The average Bonchev–Trinajstić information content (AvgIpc) is 3.73. The smallest absolute Gasteiger partial charge is 0.262 e. The van der Waals surface area contributed by atoms with Crippen LogP contribution in [-0.4, -0.2) is 65.3 Å². The number of Topliss-reactive ketones (excluding diaryl/α,β-unsaturated/α-hetero) is 2. The molecule has 4 aromatic carbocycles. The molecule has 368 valence electrons. The highest BCUT2D eigenvalue weighted by molar-refractivity contribution is 6.67. The number of carbonyl (C=O) groups is 4. The minimum atomic E-state index is -1.12. The van der Waals surface area contributed by atoms with E-state index in [9.17, 15) is 36.7 Å². The number of amides is 1. The molecule has 4 heterocycles. The summed E-state index contributed by atoms with van der Waals surface area (Å²) >= 11 is 4.89. The van der Waals surface area contributed by atoms with Crippen LogP contribution in [0, 0.1) is 23.3 Å². The zero-order valence-corrected chi connectivity index (χ0v) is 41.1. The number of anilines is 2. The lowest BCUT2D eigenvalue weighted by Gasteiger charge is -2.23. The first-order valence-corrected chi connectivity index (χ1v) is 22.2. The van der Waals surface area contributed by atoms with Gasteiger partial charge in [0.05, 0.1) is 36.2 Å². The van der Waals surface area contributed by atoms with Gasteiger partial charge in [-0.15, -0.1) is 0 Å². The number of benzene rings is 4. The molecule has 0 spiro atoms. The SMILES string of the molecule is CC1(C)ON=C(c2ccc(C(C)(C)C)c(-c3cnc(N)cn3)c2)C1=O.CC1(C)ON=C(c2ccc(C(C)(C)C)c(-c3cnc(NC(=O)c4c(F)cccc4F)cn3)c2)C1=O.O=C(Cl)c1c(F)cccc1F. The van der Waals surface area contributed by atoms with E-state index in [1.807, 2.05) is 51.1 Å². The van der Waals surface area contributed by atoms with Crippen molar-refractivity contribution in [1.82, 2.24) is 19.9 Å². The maximum absolute atomic E-state index is 13.9. The van der Waals surface area contributed by atoms with Crippen molar-refractivity contribution >= 4 is 57.4 Å². The summed E-state index contributed by atoms with van der Waals surface area (Å²) < 4.78 is 52.9. The fourth-order valence-electron chi connectivity index (χ4n) is 7.13. The Morgan fingerprint density at radius 1 is 0.592 bits per heavy atom. The fraction of sp³-hybridized carbons (Fsp3) is 0.269. The maximum atomic E-state index is 13.9. The molecule has 0 atom stereocenters. The third-order valence-corrected chi connectivity index (χ3v) is 11.1. The van der Waals surface area contributed by atoms with Crippen LogP contribution >= 0.6 is 11.6 Å². The number of hydrogen-bond acceptors (Lipinski definition) is 13. The Morgan fingerprint density at radius 2 is 1.00 bits per heavy atom. The monoisotopic (exact) mass is 992 g/mol. The van der Waals surface area contributed by atoms with Crippen molar-refractivity contribution < 1.29 is 46.4 Å². The van der Waals surface area contributed by atoms with Gasteiger partial charge in [0.1, 0.15) is 40.2 Å². The third-order valence-electron chi connectivity index (χ3n) is 10.9.